The van der Waals surface area contributed by atoms with Gasteiger partial charge in [-0.2, -0.15) is 10.2 Å². The summed E-state index contributed by atoms with van der Waals surface area (Å²) < 4.78 is 16.3. The number of hydrogen-bond donors (Lipinski definition) is 1. The Bertz CT molecular complexity index is 990. The molecule has 0 bridgehead atoms. The lowest BCUT2D eigenvalue weighted by molar-refractivity contribution is 0.671. The van der Waals surface area contributed by atoms with Gasteiger partial charge < -0.3 is 0 Å². The predicted octanol–water partition coefficient (Wildman–Crippen LogP) is 4.58. The fourth-order valence-corrected chi connectivity index (χ4v) is 2.73. The molecule has 3 rings (SSSR count). The zero-order valence-corrected chi connectivity index (χ0v) is 14.5. The summed E-state index contributed by atoms with van der Waals surface area (Å²) in [5.41, 5.74) is 4.47. The van der Waals surface area contributed by atoms with Crippen LogP contribution in [0.4, 0.5) is 4.39 Å². The average molecular weight is 337 g/mol. The first-order valence-electron chi connectivity index (χ1n) is 8.07. The lowest BCUT2D eigenvalue weighted by atomic mass is 10.0. The molecule has 0 amide bonds. The maximum Gasteiger partial charge on any atom is 0.132 e. The highest BCUT2D eigenvalue weighted by Gasteiger charge is 2.16. The smallest absolute Gasteiger partial charge is 0.132 e. The van der Waals surface area contributed by atoms with Crippen molar-refractivity contribution in [1.82, 2.24) is 25.0 Å². The van der Waals surface area contributed by atoms with E-state index in [0.717, 1.165) is 34.2 Å². The van der Waals surface area contributed by atoms with E-state index < -0.39 is 0 Å². The Morgan fingerprint density at radius 1 is 1.40 bits per heavy atom. The summed E-state index contributed by atoms with van der Waals surface area (Å²) in [5.74, 6) is -0.340. The lowest BCUT2D eigenvalue weighted by Gasteiger charge is -2.09. The third kappa shape index (κ3) is 3.15. The number of allylic oxidation sites excluding steroid dienone is 5. The van der Waals surface area contributed by atoms with Crippen LogP contribution < -0.4 is 0 Å². The first kappa shape index (κ1) is 16.8. The van der Waals surface area contributed by atoms with Crippen molar-refractivity contribution >= 4 is 16.5 Å². The number of halogens is 1. The van der Waals surface area contributed by atoms with Crippen molar-refractivity contribution in [3.05, 3.63) is 60.5 Å². The SMILES string of the molecule is C=C/C=C(F)\C(=C(\C)CC)c1cc2c(-c3cnn(C)c3)n[nH]c2cn1. The van der Waals surface area contributed by atoms with E-state index in [1.165, 1.54) is 12.2 Å². The molecule has 3 heterocycles. The summed E-state index contributed by atoms with van der Waals surface area (Å²) in [5, 5.41) is 12.4. The standard InChI is InChI=1S/C19H20FN5/c1-5-7-15(20)18(12(3)6-2)16-8-14-17(10-21-16)23-24-19(14)13-9-22-25(4)11-13/h5,7-11H,1,6H2,2-4H3,(H,23,24)/b15-7+,18-12+. The zero-order valence-electron chi connectivity index (χ0n) is 14.5. The Balaban J connectivity index is 2.20. The Hall–Kier alpha value is -3.02. The molecule has 0 aromatic carbocycles. The highest BCUT2D eigenvalue weighted by molar-refractivity contribution is 5.94. The molecule has 0 fully saturated rings. The van der Waals surface area contributed by atoms with Gasteiger partial charge in [0.15, 0.2) is 0 Å². The molecular formula is C19H20FN5. The second kappa shape index (κ2) is 6.84. The van der Waals surface area contributed by atoms with E-state index in [-0.39, 0.29) is 5.83 Å². The average Bonchev–Trinajstić information content (AvgIpc) is 3.20. The van der Waals surface area contributed by atoms with E-state index in [1.54, 1.807) is 17.1 Å². The first-order valence-corrected chi connectivity index (χ1v) is 8.07. The molecule has 0 aliphatic heterocycles. The summed E-state index contributed by atoms with van der Waals surface area (Å²) in [4.78, 5) is 4.43. The van der Waals surface area contributed by atoms with Crippen LogP contribution in [0.25, 0.3) is 27.7 Å². The maximum atomic E-state index is 14.6. The first-order chi connectivity index (χ1) is 12.0. The van der Waals surface area contributed by atoms with Gasteiger partial charge in [-0.05, 0) is 25.5 Å². The Kier molecular flexibility index (Phi) is 4.61. The van der Waals surface area contributed by atoms with Gasteiger partial charge in [0, 0.05) is 29.8 Å². The normalized spacial score (nSPS) is 13.2. The van der Waals surface area contributed by atoms with Crippen LogP contribution in [0.5, 0.6) is 0 Å². The number of aromatic nitrogens is 5. The largest absolute Gasteiger partial charge is 0.276 e. The van der Waals surface area contributed by atoms with E-state index in [0.29, 0.717) is 11.3 Å². The van der Waals surface area contributed by atoms with Crippen LogP contribution in [0, 0.1) is 0 Å². The quantitative estimate of drug-likeness (QED) is 0.693. The molecular weight excluding hydrogens is 317 g/mol. The summed E-state index contributed by atoms with van der Waals surface area (Å²) in [6.07, 6.45) is 8.85. The fourth-order valence-electron chi connectivity index (χ4n) is 2.73. The van der Waals surface area contributed by atoms with Crippen molar-refractivity contribution in [2.45, 2.75) is 20.3 Å². The molecule has 3 aromatic heterocycles. The highest BCUT2D eigenvalue weighted by atomic mass is 19.1. The third-order valence-electron chi connectivity index (χ3n) is 4.14. The van der Waals surface area contributed by atoms with Gasteiger partial charge in [0.25, 0.3) is 0 Å². The third-order valence-corrected chi connectivity index (χ3v) is 4.14. The minimum atomic E-state index is -0.340. The number of pyridine rings is 1. The molecule has 0 aliphatic carbocycles. The number of fused-ring (bicyclic) bond motifs is 1. The van der Waals surface area contributed by atoms with Crippen molar-refractivity contribution < 1.29 is 4.39 Å². The van der Waals surface area contributed by atoms with Gasteiger partial charge in [0.05, 0.1) is 23.6 Å². The van der Waals surface area contributed by atoms with Crippen molar-refractivity contribution in [3.63, 3.8) is 0 Å². The Labute approximate surface area is 145 Å². The number of aromatic amines is 1. The minimum absolute atomic E-state index is 0.340. The Morgan fingerprint density at radius 2 is 2.20 bits per heavy atom. The molecule has 0 saturated heterocycles. The topological polar surface area (TPSA) is 59.4 Å². The van der Waals surface area contributed by atoms with Gasteiger partial charge in [-0.3, -0.25) is 14.8 Å². The molecule has 3 aromatic rings. The van der Waals surface area contributed by atoms with Gasteiger partial charge in [-0.1, -0.05) is 25.2 Å². The van der Waals surface area contributed by atoms with Crippen LogP contribution in [-0.4, -0.2) is 25.0 Å². The van der Waals surface area contributed by atoms with E-state index in [1.807, 2.05) is 33.2 Å². The number of nitrogens with one attached hydrogen (secondary N) is 1. The van der Waals surface area contributed by atoms with Crippen LogP contribution >= 0.6 is 0 Å². The molecule has 6 heteroatoms. The fraction of sp³-hybridized carbons (Fsp3) is 0.211. The van der Waals surface area contributed by atoms with Crippen LogP contribution in [0.2, 0.25) is 0 Å². The van der Waals surface area contributed by atoms with E-state index in [4.69, 9.17) is 0 Å². The van der Waals surface area contributed by atoms with Crippen molar-refractivity contribution in [2.75, 3.05) is 0 Å². The molecule has 0 aliphatic rings. The number of H-pyrrole nitrogens is 1. The second-order valence-corrected chi connectivity index (χ2v) is 5.85. The second-order valence-electron chi connectivity index (χ2n) is 5.85. The molecule has 5 nitrogen and oxygen atoms in total. The van der Waals surface area contributed by atoms with Crippen molar-refractivity contribution in [1.29, 1.82) is 0 Å². The molecule has 0 radical (unpaired) electrons. The number of nitrogens with zero attached hydrogens (tertiary/aromatic N) is 4. The van der Waals surface area contributed by atoms with Gasteiger partial charge in [-0.25, -0.2) is 4.39 Å². The molecule has 0 unspecified atom stereocenters. The van der Waals surface area contributed by atoms with Crippen molar-refractivity contribution in [2.24, 2.45) is 7.05 Å². The monoisotopic (exact) mass is 337 g/mol. The van der Waals surface area contributed by atoms with Gasteiger partial charge >= 0.3 is 0 Å². The molecule has 128 valence electrons. The van der Waals surface area contributed by atoms with Crippen LogP contribution in [-0.2, 0) is 7.05 Å². The highest BCUT2D eigenvalue weighted by Crippen LogP contribution is 2.32. The minimum Gasteiger partial charge on any atom is -0.276 e. The number of aryl methyl sites for hydroxylation is 1. The summed E-state index contributed by atoms with van der Waals surface area (Å²) >= 11 is 0. The number of rotatable bonds is 5. The summed E-state index contributed by atoms with van der Waals surface area (Å²) in [6.45, 7) is 7.48. The van der Waals surface area contributed by atoms with Crippen LogP contribution in [0.1, 0.15) is 26.0 Å². The predicted molar refractivity (Wildman–Crippen MR) is 98.4 cm³/mol. The zero-order chi connectivity index (χ0) is 18.0. The maximum absolute atomic E-state index is 14.6. The molecule has 25 heavy (non-hydrogen) atoms. The molecule has 0 saturated carbocycles. The molecule has 0 atom stereocenters. The van der Waals surface area contributed by atoms with Crippen LogP contribution in [0.15, 0.2) is 54.8 Å². The van der Waals surface area contributed by atoms with E-state index >= 15 is 0 Å². The summed E-state index contributed by atoms with van der Waals surface area (Å²) in [6, 6.07) is 1.87. The lowest BCUT2D eigenvalue weighted by Crippen LogP contribution is -1.94. The van der Waals surface area contributed by atoms with Crippen LogP contribution in [0.3, 0.4) is 0 Å². The molecule has 0 spiro atoms. The van der Waals surface area contributed by atoms with Gasteiger partial charge in [0.1, 0.15) is 11.5 Å². The number of hydrogen-bond acceptors (Lipinski definition) is 3. The van der Waals surface area contributed by atoms with Gasteiger partial charge in [-0.15, -0.1) is 0 Å². The van der Waals surface area contributed by atoms with Crippen molar-refractivity contribution in [3.8, 4) is 11.3 Å². The summed E-state index contributed by atoms with van der Waals surface area (Å²) in [7, 11) is 1.85. The molecule has 1 N–H and O–H groups in total. The van der Waals surface area contributed by atoms with Gasteiger partial charge in [0.2, 0.25) is 0 Å². The van der Waals surface area contributed by atoms with E-state index in [2.05, 4.69) is 26.9 Å². The Morgan fingerprint density at radius 3 is 2.84 bits per heavy atom. The van der Waals surface area contributed by atoms with E-state index in [9.17, 15) is 4.39 Å².